The number of hydrogen-bond acceptors (Lipinski definition) is 2. The summed E-state index contributed by atoms with van der Waals surface area (Å²) in [4.78, 5) is 0. The Balaban J connectivity index is 1.87. The maximum absolute atomic E-state index is 5.62. The zero-order valence-electron chi connectivity index (χ0n) is 7.18. The Morgan fingerprint density at radius 2 is 1.91 bits per heavy atom. The summed E-state index contributed by atoms with van der Waals surface area (Å²) < 4.78 is 5.62. The molecular formula is C9H17NO. The molecule has 2 aliphatic rings. The highest BCUT2D eigenvalue weighted by Crippen LogP contribution is 2.28. The summed E-state index contributed by atoms with van der Waals surface area (Å²) in [5.41, 5.74) is 0. The molecule has 2 fully saturated rings. The Bertz CT molecular complexity index is 126. The standard InChI is InChI=1S/C9H17NO/c1-2-11-9-5-7-3-4-8(6-9)10-7/h7-10H,2-6H2,1H3/t7-,8+,9?. The van der Waals surface area contributed by atoms with Crippen LogP contribution in [0.1, 0.15) is 32.6 Å². The molecule has 2 heteroatoms. The third-order valence-electron chi connectivity index (χ3n) is 2.83. The number of nitrogens with one attached hydrogen (secondary N) is 1. The fourth-order valence-electron chi connectivity index (χ4n) is 2.38. The van der Waals surface area contributed by atoms with Gasteiger partial charge in [-0.05, 0) is 32.6 Å². The average Bonchev–Trinajstić information content (AvgIpc) is 2.32. The van der Waals surface area contributed by atoms with Crippen molar-refractivity contribution in [2.45, 2.75) is 50.8 Å². The van der Waals surface area contributed by atoms with Crippen LogP contribution in [0.3, 0.4) is 0 Å². The van der Waals surface area contributed by atoms with Crippen molar-refractivity contribution in [1.29, 1.82) is 0 Å². The number of rotatable bonds is 2. The Kier molecular flexibility index (Phi) is 2.14. The third-order valence-corrected chi connectivity index (χ3v) is 2.83. The first kappa shape index (κ1) is 7.56. The van der Waals surface area contributed by atoms with Gasteiger partial charge in [0.1, 0.15) is 0 Å². The van der Waals surface area contributed by atoms with Gasteiger partial charge in [-0.1, -0.05) is 0 Å². The highest BCUT2D eigenvalue weighted by molar-refractivity contribution is 4.92. The first-order valence-corrected chi connectivity index (χ1v) is 4.76. The zero-order valence-corrected chi connectivity index (χ0v) is 7.18. The van der Waals surface area contributed by atoms with Crippen molar-refractivity contribution in [3.05, 3.63) is 0 Å². The smallest absolute Gasteiger partial charge is 0.0604 e. The van der Waals surface area contributed by atoms with Crippen LogP contribution in [0.4, 0.5) is 0 Å². The second-order valence-electron chi connectivity index (χ2n) is 3.69. The molecule has 11 heavy (non-hydrogen) atoms. The molecule has 0 aliphatic carbocycles. The predicted molar refractivity (Wildman–Crippen MR) is 44.6 cm³/mol. The summed E-state index contributed by atoms with van der Waals surface area (Å²) in [5.74, 6) is 0. The summed E-state index contributed by atoms with van der Waals surface area (Å²) in [6, 6.07) is 1.54. The molecule has 0 radical (unpaired) electrons. The minimum absolute atomic E-state index is 0.554. The van der Waals surface area contributed by atoms with Crippen LogP contribution in [0.2, 0.25) is 0 Å². The molecule has 0 saturated carbocycles. The molecule has 0 aromatic heterocycles. The first-order chi connectivity index (χ1) is 5.38. The van der Waals surface area contributed by atoms with E-state index in [2.05, 4.69) is 12.2 Å². The highest BCUT2D eigenvalue weighted by atomic mass is 16.5. The zero-order chi connectivity index (χ0) is 7.68. The summed E-state index contributed by atoms with van der Waals surface area (Å²) in [7, 11) is 0. The summed E-state index contributed by atoms with van der Waals surface area (Å²) >= 11 is 0. The quantitative estimate of drug-likeness (QED) is 0.649. The molecule has 2 rings (SSSR count). The van der Waals surface area contributed by atoms with Crippen LogP contribution in [0.5, 0.6) is 0 Å². The first-order valence-electron chi connectivity index (χ1n) is 4.76. The van der Waals surface area contributed by atoms with Crippen molar-refractivity contribution < 1.29 is 4.74 Å². The Morgan fingerprint density at radius 3 is 2.45 bits per heavy atom. The molecule has 2 saturated heterocycles. The lowest BCUT2D eigenvalue weighted by atomic mass is 10.0. The minimum Gasteiger partial charge on any atom is -0.378 e. The highest BCUT2D eigenvalue weighted by Gasteiger charge is 2.33. The van der Waals surface area contributed by atoms with E-state index in [4.69, 9.17) is 4.74 Å². The Morgan fingerprint density at radius 1 is 1.27 bits per heavy atom. The maximum Gasteiger partial charge on any atom is 0.0604 e. The van der Waals surface area contributed by atoms with E-state index in [0.717, 1.165) is 18.7 Å². The summed E-state index contributed by atoms with van der Waals surface area (Å²) in [6.07, 6.45) is 5.77. The van der Waals surface area contributed by atoms with E-state index in [0.29, 0.717) is 6.10 Å². The monoisotopic (exact) mass is 155 g/mol. The van der Waals surface area contributed by atoms with E-state index in [1.807, 2.05) is 0 Å². The van der Waals surface area contributed by atoms with Gasteiger partial charge in [-0.25, -0.2) is 0 Å². The van der Waals surface area contributed by atoms with Gasteiger partial charge >= 0.3 is 0 Å². The van der Waals surface area contributed by atoms with Gasteiger partial charge in [0.2, 0.25) is 0 Å². The summed E-state index contributed by atoms with van der Waals surface area (Å²) in [5, 5.41) is 3.60. The van der Waals surface area contributed by atoms with Gasteiger partial charge in [0.15, 0.2) is 0 Å². The molecule has 64 valence electrons. The molecular weight excluding hydrogens is 138 g/mol. The second kappa shape index (κ2) is 3.11. The molecule has 2 heterocycles. The van der Waals surface area contributed by atoms with E-state index in [1.165, 1.54) is 25.7 Å². The van der Waals surface area contributed by atoms with E-state index in [1.54, 1.807) is 0 Å². The van der Waals surface area contributed by atoms with Crippen molar-refractivity contribution in [1.82, 2.24) is 5.32 Å². The van der Waals surface area contributed by atoms with Crippen molar-refractivity contribution in [3.63, 3.8) is 0 Å². The SMILES string of the molecule is CCOC1C[C@H]2CC[C@@H](C1)N2. The van der Waals surface area contributed by atoms with Crippen LogP contribution in [0.25, 0.3) is 0 Å². The Hall–Kier alpha value is -0.0800. The van der Waals surface area contributed by atoms with E-state index < -0.39 is 0 Å². The molecule has 0 spiro atoms. The van der Waals surface area contributed by atoms with Crippen molar-refractivity contribution in [3.8, 4) is 0 Å². The van der Waals surface area contributed by atoms with Gasteiger partial charge < -0.3 is 10.1 Å². The Labute approximate surface area is 68.3 Å². The van der Waals surface area contributed by atoms with Gasteiger partial charge in [0, 0.05) is 18.7 Å². The molecule has 2 aliphatic heterocycles. The maximum atomic E-state index is 5.62. The lowest BCUT2D eigenvalue weighted by Gasteiger charge is -2.28. The fourth-order valence-corrected chi connectivity index (χ4v) is 2.38. The van der Waals surface area contributed by atoms with Gasteiger partial charge in [-0.2, -0.15) is 0 Å². The second-order valence-corrected chi connectivity index (χ2v) is 3.69. The van der Waals surface area contributed by atoms with Gasteiger partial charge in [-0.15, -0.1) is 0 Å². The van der Waals surface area contributed by atoms with Crippen molar-refractivity contribution in [2.75, 3.05) is 6.61 Å². The van der Waals surface area contributed by atoms with Crippen LogP contribution in [-0.4, -0.2) is 24.8 Å². The molecule has 0 amide bonds. The predicted octanol–water partition coefficient (Wildman–Crippen LogP) is 1.31. The van der Waals surface area contributed by atoms with Gasteiger partial charge in [-0.3, -0.25) is 0 Å². The molecule has 0 aromatic carbocycles. The largest absolute Gasteiger partial charge is 0.378 e. The van der Waals surface area contributed by atoms with E-state index >= 15 is 0 Å². The fraction of sp³-hybridized carbons (Fsp3) is 1.00. The van der Waals surface area contributed by atoms with E-state index in [-0.39, 0.29) is 0 Å². The molecule has 2 nitrogen and oxygen atoms in total. The average molecular weight is 155 g/mol. The topological polar surface area (TPSA) is 21.3 Å². The number of ether oxygens (including phenoxy) is 1. The molecule has 1 unspecified atom stereocenters. The molecule has 2 bridgehead atoms. The third kappa shape index (κ3) is 1.57. The van der Waals surface area contributed by atoms with Gasteiger partial charge in [0.05, 0.1) is 6.10 Å². The van der Waals surface area contributed by atoms with Crippen LogP contribution < -0.4 is 5.32 Å². The van der Waals surface area contributed by atoms with Gasteiger partial charge in [0.25, 0.3) is 0 Å². The normalized spacial score (nSPS) is 42.8. The molecule has 3 atom stereocenters. The number of piperidine rings is 1. The number of hydrogen-bond donors (Lipinski definition) is 1. The van der Waals surface area contributed by atoms with E-state index in [9.17, 15) is 0 Å². The lowest BCUT2D eigenvalue weighted by molar-refractivity contribution is 0.0281. The number of fused-ring (bicyclic) bond motifs is 2. The van der Waals surface area contributed by atoms with Crippen LogP contribution in [0.15, 0.2) is 0 Å². The van der Waals surface area contributed by atoms with Crippen LogP contribution in [-0.2, 0) is 4.74 Å². The minimum atomic E-state index is 0.554. The van der Waals surface area contributed by atoms with Crippen LogP contribution >= 0.6 is 0 Å². The van der Waals surface area contributed by atoms with Crippen molar-refractivity contribution >= 4 is 0 Å². The lowest BCUT2D eigenvalue weighted by Crippen LogP contribution is -2.41. The summed E-state index contributed by atoms with van der Waals surface area (Å²) in [6.45, 7) is 2.97. The van der Waals surface area contributed by atoms with Crippen molar-refractivity contribution in [2.24, 2.45) is 0 Å². The molecule has 1 N–H and O–H groups in total. The van der Waals surface area contributed by atoms with Crippen LogP contribution in [0, 0.1) is 0 Å². The molecule has 0 aromatic rings.